The summed E-state index contributed by atoms with van der Waals surface area (Å²) in [5, 5.41) is 6.57. The number of hydrogen-bond acceptors (Lipinski definition) is 3. The lowest BCUT2D eigenvalue weighted by atomic mass is 10.2. The van der Waals surface area contributed by atoms with E-state index in [0.29, 0.717) is 6.54 Å². The van der Waals surface area contributed by atoms with E-state index >= 15 is 0 Å². The summed E-state index contributed by atoms with van der Waals surface area (Å²) in [6, 6.07) is 11.4. The van der Waals surface area contributed by atoms with Crippen LogP contribution in [0.15, 0.2) is 36.4 Å². The van der Waals surface area contributed by atoms with Crippen LogP contribution in [0.4, 0.5) is 4.79 Å². The summed E-state index contributed by atoms with van der Waals surface area (Å²) in [6.07, 6.45) is -0.426. The van der Waals surface area contributed by atoms with Crippen LogP contribution < -0.4 is 4.74 Å². The largest absolute Gasteiger partial charge is 0.416 e. The molecular formula is C13H15N3O2. The Morgan fingerprint density at radius 1 is 1.39 bits per heavy atom. The second-order valence-electron chi connectivity index (χ2n) is 4.10. The van der Waals surface area contributed by atoms with E-state index < -0.39 is 6.09 Å². The van der Waals surface area contributed by atoms with Gasteiger partial charge in [0, 0.05) is 25.4 Å². The number of amides is 1. The van der Waals surface area contributed by atoms with Crippen LogP contribution in [0.3, 0.4) is 0 Å². The maximum atomic E-state index is 11.8. The SMILES string of the molecule is Cc1cc(OC(=O)N(C)Cc2ccccc2)n[nH]1. The third kappa shape index (κ3) is 3.10. The maximum Gasteiger partial charge on any atom is 0.416 e. The molecule has 2 rings (SSSR count). The molecule has 0 aliphatic carbocycles. The van der Waals surface area contributed by atoms with Crippen LogP contribution in [0.1, 0.15) is 11.3 Å². The minimum Gasteiger partial charge on any atom is -0.389 e. The number of hydrogen-bond donors (Lipinski definition) is 1. The lowest BCUT2D eigenvalue weighted by Crippen LogP contribution is -2.29. The van der Waals surface area contributed by atoms with E-state index in [9.17, 15) is 4.79 Å². The molecule has 18 heavy (non-hydrogen) atoms. The molecule has 0 fully saturated rings. The van der Waals surface area contributed by atoms with Gasteiger partial charge in [0.2, 0.25) is 5.88 Å². The highest BCUT2D eigenvalue weighted by molar-refractivity contribution is 5.69. The van der Waals surface area contributed by atoms with Crippen molar-refractivity contribution in [2.45, 2.75) is 13.5 Å². The van der Waals surface area contributed by atoms with Crippen molar-refractivity contribution in [1.82, 2.24) is 15.1 Å². The highest BCUT2D eigenvalue weighted by atomic mass is 16.6. The number of H-pyrrole nitrogens is 1. The lowest BCUT2D eigenvalue weighted by Gasteiger charge is -2.15. The minimum absolute atomic E-state index is 0.289. The summed E-state index contributed by atoms with van der Waals surface area (Å²) < 4.78 is 5.11. The number of aromatic amines is 1. The number of carbonyl (C=O) groups is 1. The smallest absolute Gasteiger partial charge is 0.389 e. The predicted molar refractivity (Wildman–Crippen MR) is 67.3 cm³/mol. The van der Waals surface area contributed by atoms with Crippen LogP contribution in [-0.2, 0) is 6.54 Å². The van der Waals surface area contributed by atoms with Crippen molar-refractivity contribution < 1.29 is 9.53 Å². The van der Waals surface area contributed by atoms with Gasteiger partial charge < -0.3 is 9.64 Å². The highest BCUT2D eigenvalue weighted by Gasteiger charge is 2.13. The van der Waals surface area contributed by atoms with Crippen LogP contribution in [0.25, 0.3) is 0 Å². The Kier molecular flexibility index (Phi) is 3.62. The quantitative estimate of drug-likeness (QED) is 0.903. The molecule has 0 bridgehead atoms. The van der Waals surface area contributed by atoms with E-state index in [2.05, 4.69) is 10.2 Å². The number of ether oxygens (including phenoxy) is 1. The van der Waals surface area contributed by atoms with E-state index in [1.54, 1.807) is 13.1 Å². The van der Waals surface area contributed by atoms with Gasteiger partial charge in [0.05, 0.1) is 0 Å². The van der Waals surface area contributed by atoms with Gasteiger partial charge in [-0.2, -0.15) is 0 Å². The number of nitrogens with one attached hydrogen (secondary N) is 1. The molecule has 0 unspecified atom stereocenters. The van der Waals surface area contributed by atoms with Crippen molar-refractivity contribution in [3.05, 3.63) is 47.7 Å². The molecule has 5 heteroatoms. The molecule has 2 aromatic rings. The Hall–Kier alpha value is -2.30. The van der Waals surface area contributed by atoms with Gasteiger partial charge in [-0.15, -0.1) is 5.10 Å². The summed E-state index contributed by atoms with van der Waals surface area (Å²) in [6.45, 7) is 2.35. The Morgan fingerprint density at radius 2 is 2.11 bits per heavy atom. The fourth-order valence-electron chi connectivity index (χ4n) is 1.53. The third-order valence-electron chi connectivity index (χ3n) is 2.45. The number of carbonyl (C=O) groups excluding carboxylic acids is 1. The van der Waals surface area contributed by atoms with Gasteiger partial charge in [-0.05, 0) is 12.5 Å². The summed E-state index contributed by atoms with van der Waals surface area (Å²) in [5.41, 5.74) is 1.90. The number of aryl methyl sites for hydroxylation is 1. The normalized spacial score (nSPS) is 10.1. The van der Waals surface area contributed by atoms with E-state index in [1.165, 1.54) is 4.90 Å². The van der Waals surface area contributed by atoms with Gasteiger partial charge in [-0.25, -0.2) is 4.79 Å². The molecular weight excluding hydrogens is 230 g/mol. The van der Waals surface area contributed by atoms with Gasteiger partial charge in [-0.1, -0.05) is 30.3 Å². The first-order valence-corrected chi connectivity index (χ1v) is 5.64. The van der Waals surface area contributed by atoms with Gasteiger partial charge >= 0.3 is 6.09 Å². The van der Waals surface area contributed by atoms with E-state index in [1.807, 2.05) is 37.3 Å². The molecule has 0 aliphatic rings. The zero-order valence-electron chi connectivity index (χ0n) is 10.4. The van der Waals surface area contributed by atoms with Crippen LogP contribution in [0.2, 0.25) is 0 Å². The standard InChI is InChI=1S/C13H15N3O2/c1-10-8-12(15-14-10)18-13(17)16(2)9-11-6-4-3-5-7-11/h3-8H,9H2,1-2H3,(H,14,15). The van der Waals surface area contributed by atoms with Gasteiger partial charge in [0.1, 0.15) is 0 Å². The second-order valence-corrected chi connectivity index (χ2v) is 4.10. The number of nitrogens with zero attached hydrogens (tertiary/aromatic N) is 2. The molecule has 0 saturated heterocycles. The topological polar surface area (TPSA) is 58.2 Å². The second kappa shape index (κ2) is 5.35. The third-order valence-corrected chi connectivity index (χ3v) is 2.45. The maximum absolute atomic E-state index is 11.8. The number of rotatable bonds is 3. The first-order valence-electron chi connectivity index (χ1n) is 5.64. The fourth-order valence-corrected chi connectivity index (χ4v) is 1.53. The molecule has 0 atom stereocenters. The van der Waals surface area contributed by atoms with Crippen molar-refractivity contribution in [2.75, 3.05) is 7.05 Å². The molecule has 0 saturated carbocycles. The average molecular weight is 245 g/mol. The molecule has 0 spiro atoms. The first kappa shape index (κ1) is 12.2. The summed E-state index contributed by atoms with van der Waals surface area (Å²) >= 11 is 0. The van der Waals surface area contributed by atoms with E-state index in [-0.39, 0.29) is 5.88 Å². The fraction of sp³-hybridized carbons (Fsp3) is 0.231. The van der Waals surface area contributed by atoms with Crippen LogP contribution in [-0.4, -0.2) is 28.2 Å². The monoisotopic (exact) mass is 245 g/mol. The molecule has 1 amide bonds. The lowest BCUT2D eigenvalue weighted by molar-refractivity contribution is 0.159. The van der Waals surface area contributed by atoms with Crippen molar-refractivity contribution in [3.8, 4) is 5.88 Å². The molecule has 5 nitrogen and oxygen atoms in total. The molecule has 0 aliphatic heterocycles. The molecule has 0 radical (unpaired) electrons. The van der Waals surface area contributed by atoms with Crippen molar-refractivity contribution in [1.29, 1.82) is 0 Å². The molecule has 94 valence electrons. The Bertz CT molecular complexity index is 522. The Balaban J connectivity index is 1.93. The van der Waals surface area contributed by atoms with Crippen LogP contribution in [0.5, 0.6) is 5.88 Å². The van der Waals surface area contributed by atoms with E-state index in [4.69, 9.17) is 4.74 Å². The van der Waals surface area contributed by atoms with Crippen LogP contribution >= 0.6 is 0 Å². The zero-order valence-corrected chi connectivity index (χ0v) is 10.4. The average Bonchev–Trinajstić information content (AvgIpc) is 2.76. The molecule has 1 N–H and O–H groups in total. The molecule has 1 heterocycles. The zero-order chi connectivity index (χ0) is 13.0. The Morgan fingerprint density at radius 3 is 2.72 bits per heavy atom. The summed E-state index contributed by atoms with van der Waals surface area (Å²) in [7, 11) is 1.69. The van der Waals surface area contributed by atoms with Crippen molar-refractivity contribution >= 4 is 6.09 Å². The van der Waals surface area contributed by atoms with Crippen molar-refractivity contribution in [2.24, 2.45) is 0 Å². The first-order chi connectivity index (χ1) is 8.65. The number of aromatic nitrogens is 2. The summed E-state index contributed by atoms with van der Waals surface area (Å²) in [5.74, 6) is 0.289. The van der Waals surface area contributed by atoms with Gasteiger partial charge in [-0.3, -0.25) is 5.10 Å². The van der Waals surface area contributed by atoms with Crippen LogP contribution in [0, 0.1) is 6.92 Å². The minimum atomic E-state index is -0.426. The van der Waals surface area contributed by atoms with Gasteiger partial charge in [0.25, 0.3) is 0 Å². The van der Waals surface area contributed by atoms with E-state index in [0.717, 1.165) is 11.3 Å². The predicted octanol–water partition coefficient (Wildman–Crippen LogP) is 2.35. The Labute approximate surface area is 105 Å². The number of benzene rings is 1. The molecule has 1 aromatic carbocycles. The highest BCUT2D eigenvalue weighted by Crippen LogP contribution is 2.10. The van der Waals surface area contributed by atoms with Gasteiger partial charge in [0.15, 0.2) is 0 Å². The molecule has 1 aromatic heterocycles. The summed E-state index contributed by atoms with van der Waals surface area (Å²) in [4.78, 5) is 13.3. The van der Waals surface area contributed by atoms with Crippen molar-refractivity contribution in [3.63, 3.8) is 0 Å².